The average molecular weight is 426 g/mol. The van der Waals surface area contributed by atoms with Crippen molar-refractivity contribution in [3.8, 4) is 0 Å². The van der Waals surface area contributed by atoms with Crippen molar-refractivity contribution >= 4 is 35.8 Å². The van der Waals surface area contributed by atoms with Crippen LogP contribution in [0.5, 0.6) is 0 Å². The van der Waals surface area contributed by atoms with E-state index < -0.39 is 5.82 Å². The van der Waals surface area contributed by atoms with Crippen LogP contribution in [-0.4, -0.2) is 42.9 Å². The van der Waals surface area contributed by atoms with E-state index in [9.17, 15) is 14.0 Å². The minimum atomic E-state index is -0.396. The number of hydrogen-bond donors (Lipinski definition) is 2. The van der Waals surface area contributed by atoms with E-state index in [4.69, 9.17) is 11.6 Å². The molecular weight excluding hydrogens is 404 g/mol. The van der Waals surface area contributed by atoms with Crippen LogP contribution in [0.4, 0.5) is 4.39 Å². The molecule has 0 saturated carbocycles. The van der Waals surface area contributed by atoms with E-state index in [1.165, 1.54) is 24.3 Å². The Balaban J connectivity index is 0.00000280. The highest BCUT2D eigenvalue weighted by Gasteiger charge is 2.27. The lowest BCUT2D eigenvalue weighted by molar-refractivity contribution is -0.134. The molecule has 28 heavy (non-hydrogen) atoms. The topological polar surface area (TPSA) is 61.4 Å². The zero-order chi connectivity index (χ0) is 19.2. The van der Waals surface area contributed by atoms with Gasteiger partial charge >= 0.3 is 0 Å². The lowest BCUT2D eigenvalue weighted by Gasteiger charge is -2.36. The molecule has 1 saturated heterocycles. The summed E-state index contributed by atoms with van der Waals surface area (Å²) < 4.78 is 12.9. The Labute approximate surface area is 174 Å². The molecule has 0 bridgehead atoms. The highest BCUT2D eigenvalue weighted by atomic mass is 35.5. The lowest BCUT2D eigenvalue weighted by atomic mass is 10.0. The molecule has 2 aromatic carbocycles. The number of nitrogens with one attached hydrogen (secondary N) is 2. The van der Waals surface area contributed by atoms with Crippen LogP contribution in [0.15, 0.2) is 48.5 Å². The van der Waals surface area contributed by atoms with Gasteiger partial charge in [0.15, 0.2) is 0 Å². The van der Waals surface area contributed by atoms with Crippen molar-refractivity contribution in [1.29, 1.82) is 0 Å². The smallest absolute Gasteiger partial charge is 0.251 e. The average Bonchev–Trinajstić information content (AvgIpc) is 2.68. The Hall–Kier alpha value is -2.15. The molecule has 0 spiro atoms. The molecule has 5 nitrogen and oxygen atoms in total. The van der Waals surface area contributed by atoms with Crippen LogP contribution in [0, 0.1) is 5.82 Å². The fourth-order valence-electron chi connectivity index (χ4n) is 3.14. The van der Waals surface area contributed by atoms with Crippen LogP contribution in [0.25, 0.3) is 0 Å². The van der Waals surface area contributed by atoms with Crippen LogP contribution in [0.2, 0.25) is 5.02 Å². The maximum Gasteiger partial charge on any atom is 0.251 e. The van der Waals surface area contributed by atoms with E-state index in [-0.39, 0.29) is 43.2 Å². The second-order valence-electron chi connectivity index (χ2n) is 6.37. The summed E-state index contributed by atoms with van der Waals surface area (Å²) in [4.78, 5) is 26.6. The maximum absolute atomic E-state index is 12.9. The van der Waals surface area contributed by atoms with Crippen molar-refractivity contribution in [2.75, 3.05) is 26.2 Å². The van der Waals surface area contributed by atoms with Gasteiger partial charge < -0.3 is 15.5 Å². The Kier molecular flexibility index (Phi) is 8.23. The number of halogens is 3. The highest BCUT2D eigenvalue weighted by molar-refractivity contribution is 6.30. The molecule has 1 heterocycles. The third-order valence-corrected chi connectivity index (χ3v) is 4.76. The quantitative estimate of drug-likeness (QED) is 0.772. The molecule has 1 aliphatic heterocycles. The fourth-order valence-corrected chi connectivity index (χ4v) is 3.34. The third kappa shape index (κ3) is 5.67. The molecule has 1 unspecified atom stereocenters. The largest absolute Gasteiger partial charge is 0.352 e. The highest BCUT2D eigenvalue weighted by Crippen LogP contribution is 2.25. The molecule has 2 aromatic rings. The summed E-state index contributed by atoms with van der Waals surface area (Å²) in [6.45, 7) is 2.21. The molecule has 1 atom stereocenters. The van der Waals surface area contributed by atoms with Crippen LogP contribution < -0.4 is 10.6 Å². The van der Waals surface area contributed by atoms with E-state index in [1.807, 2.05) is 23.1 Å². The minimum Gasteiger partial charge on any atom is -0.352 e. The van der Waals surface area contributed by atoms with Crippen LogP contribution >= 0.6 is 24.0 Å². The van der Waals surface area contributed by atoms with Gasteiger partial charge in [0.25, 0.3) is 5.91 Å². The first-order valence-electron chi connectivity index (χ1n) is 8.84. The van der Waals surface area contributed by atoms with Crippen molar-refractivity contribution in [1.82, 2.24) is 15.5 Å². The normalized spacial score (nSPS) is 16.2. The van der Waals surface area contributed by atoms with Crippen molar-refractivity contribution in [2.24, 2.45) is 0 Å². The second kappa shape index (κ2) is 10.4. The van der Waals surface area contributed by atoms with Crippen LogP contribution in [0.3, 0.4) is 0 Å². The number of benzene rings is 2. The zero-order valence-corrected chi connectivity index (χ0v) is 16.7. The number of rotatable bonds is 5. The molecule has 150 valence electrons. The summed E-state index contributed by atoms with van der Waals surface area (Å²) in [5.74, 6) is -0.747. The van der Waals surface area contributed by atoms with E-state index in [2.05, 4.69) is 10.6 Å². The number of hydrogen-bond acceptors (Lipinski definition) is 3. The van der Waals surface area contributed by atoms with Crippen LogP contribution in [-0.2, 0) is 4.79 Å². The van der Waals surface area contributed by atoms with E-state index in [0.29, 0.717) is 23.7 Å². The second-order valence-corrected chi connectivity index (χ2v) is 6.81. The Morgan fingerprint density at radius 2 is 1.96 bits per heavy atom. The first kappa shape index (κ1) is 22.1. The molecule has 2 N–H and O–H groups in total. The van der Waals surface area contributed by atoms with Gasteiger partial charge in [-0.05, 0) is 42.0 Å². The SMILES string of the molecule is Cl.O=C(NCCC(=O)N1CCNCC1c1cccc(Cl)c1)c1ccc(F)cc1. The molecule has 0 aliphatic carbocycles. The predicted octanol–water partition coefficient (Wildman–Crippen LogP) is 3.19. The van der Waals surface area contributed by atoms with Gasteiger partial charge in [-0.1, -0.05) is 23.7 Å². The van der Waals surface area contributed by atoms with Gasteiger partial charge in [0, 0.05) is 43.2 Å². The molecule has 8 heteroatoms. The first-order chi connectivity index (χ1) is 13.0. The van der Waals surface area contributed by atoms with Crippen molar-refractivity contribution in [3.63, 3.8) is 0 Å². The van der Waals surface area contributed by atoms with E-state index in [0.717, 1.165) is 12.1 Å². The van der Waals surface area contributed by atoms with Gasteiger partial charge in [-0.25, -0.2) is 4.39 Å². The fraction of sp³-hybridized carbons (Fsp3) is 0.300. The van der Waals surface area contributed by atoms with Gasteiger partial charge in [-0.3, -0.25) is 9.59 Å². The van der Waals surface area contributed by atoms with Gasteiger partial charge in [0.2, 0.25) is 5.91 Å². The molecule has 3 rings (SSSR count). The van der Waals surface area contributed by atoms with E-state index >= 15 is 0 Å². The molecule has 0 aromatic heterocycles. The number of piperazine rings is 1. The van der Waals surface area contributed by atoms with Crippen molar-refractivity contribution < 1.29 is 14.0 Å². The Morgan fingerprint density at radius 3 is 2.68 bits per heavy atom. The third-order valence-electron chi connectivity index (χ3n) is 4.53. The minimum absolute atomic E-state index is 0. The summed E-state index contributed by atoms with van der Waals surface area (Å²) in [5.41, 5.74) is 1.35. The molecular formula is C20H22Cl2FN3O2. The molecule has 2 amide bonds. The molecule has 1 aliphatic rings. The molecule has 1 fully saturated rings. The predicted molar refractivity (Wildman–Crippen MR) is 109 cm³/mol. The number of carbonyl (C=O) groups is 2. The number of nitrogens with zero attached hydrogens (tertiary/aromatic N) is 1. The van der Waals surface area contributed by atoms with Crippen molar-refractivity contribution in [3.05, 3.63) is 70.5 Å². The van der Waals surface area contributed by atoms with Crippen molar-refractivity contribution in [2.45, 2.75) is 12.5 Å². The summed E-state index contributed by atoms with van der Waals surface area (Å²) in [5, 5.41) is 6.64. The maximum atomic E-state index is 12.9. The Bertz CT molecular complexity index is 817. The summed E-state index contributed by atoms with van der Waals surface area (Å²) >= 11 is 6.08. The summed E-state index contributed by atoms with van der Waals surface area (Å²) in [6, 6.07) is 12.7. The summed E-state index contributed by atoms with van der Waals surface area (Å²) in [7, 11) is 0. The number of amides is 2. The van der Waals surface area contributed by atoms with Gasteiger partial charge in [-0.15, -0.1) is 12.4 Å². The summed E-state index contributed by atoms with van der Waals surface area (Å²) in [6.07, 6.45) is 0.198. The van der Waals surface area contributed by atoms with E-state index in [1.54, 1.807) is 6.07 Å². The zero-order valence-electron chi connectivity index (χ0n) is 15.2. The van der Waals surface area contributed by atoms with Gasteiger partial charge in [-0.2, -0.15) is 0 Å². The Morgan fingerprint density at radius 1 is 1.21 bits per heavy atom. The van der Waals surface area contributed by atoms with Crippen LogP contribution in [0.1, 0.15) is 28.4 Å². The molecule has 0 radical (unpaired) electrons. The number of carbonyl (C=O) groups excluding carboxylic acids is 2. The lowest BCUT2D eigenvalue weighted by Crippen LogP contribution is -2.49. The van der Waals surface area contributed by atoms with Gasteiger partial charge in [0.1, 0.15) is 5.82 Å². The van der Waals surface area contributed by atoms with Gasteiger partial charge in [0.05, 0.1) is 6.04 Å². The first-order valence-corrected chi connectivity index (χ1v) is 9.22. The standard InChI is InChI=1S/C20H21ClFN3O2.ClH/c21-16-3-1-2-15(12-16)18-13-23-10-11-25(18)19(26)8-9-24-20(27)14-4-6-17(22)7-5-14;/h1-7,12,18,23H,8-11,13H2,(H,24,27);1H. The monoisotopic (exact) mass is 425 g/mol.